The fourth-order valence-electron chi connectivity index (χ4n) is 2.64. The van der Waals surface area contributed by atoms with Crippen molar-refractivity contribution in [1.82, 2.24) is 4.31 Å². The van der Waals surface area contributed by atoms with Gasteiger partial charge in [-0.25, -0.2) is 12.8 Å². The van der Waals surface area contributed by atoms with Crippen LogP contribution < -0.4 is 5.32 Å². The number of nitrogens with one attached hydrogen (secondary N) is 1. The lowest BCUT2D eigenvalue weighted by atomic mass is 10.2. The van der Waals surface area contributed by atoms with Crippen LogP contribution in [-0.2, 0) is 14.8 Å². The topological polar surface area (TPSA) is 75.7 Å². The summed E-state index contributed by atoms with van der Waals surface area (Å²) in [6, 6.07) is 8.32. The fraction of sp³-hybridized carbons (Fsp3) is 0.278. The summed E-state index contributed by atoms with van der Waals surface area (Å²) in [5.74, 6) is -1.01. The van der Waals surface area contributed by atoms with E-state index < -0.39 is 21.7 Å². The molecule has 1 aliphatic heterocycles. The molecule has 0 aromatic heterocycles. The van der Waals surface area contributed by atoms with Crippen molar-refractivity contribution in [1.29, 1.82) is 0 Å². The minimum Gasteiger partial charge on any atom is -0.379 e. The molecule has 1 heterocycles. The highest BCUT2D eigenvalue weighted by atomic mass is 35.5. The summed E-state index contributed by atoms with van der Waals surface area (Å²) < 4.78 is 45.7. The molecule has 0 unspecified atom stereocenters. The zero-order chi connectivity index (χ0) is 19.6. The van der Waals surface area contributed by atoms with Crippen molar-refractivity contribution in [2.24, 2.45) is 0 Å². The van der Waals surface area contributed by atoms with Crippen LogP contribution in [0.1, 0.15) is 15.9 Å². The van der Waals surface area contributed by atoms with Gasteiger partial charge < -0.3 is 10.1 Å². The number of carbonyl (C=O) groups excluding carboxylic acids is 1. The first kappa shape index (κ1) is 19.8. The summed E-state index contributed by atoms with van der Waals surface area (Å²) in [4.78, 5) is 12.3. The van der Waals surface area contributed by atoms with Gasteiger partial charge in [0, 0.05) is 24.3 Å². The molecule has 1 N–H and O–H groups in total. The average Bonchev–Trinajstić information content (AvgIpc) is 2.65. The van der Waals surface area contributed by atoms with E-state index in [-0.39, 0.29) is 34.3 Å². The number of anilines is 1. The summed E-state index contributed by atoms with van der Waals surface area (Å²) in [7, 11) is -3.85. The molecular formula is C18H18ClFN2O4S. The monoisotopic (exact) mass is 412 g/mol. The number of hydrogen-bond donors (Lipinski definition) is 1. The Balaban J connectivity index is 1.88. The van der Waals surface area contributed by atoms with Crippen LogP contribution in [0, 0.1) is 12.7 Å². The van der Waals surface area contributed by atoms with Crippen LogP contribution >= 0.6 is 11.6 Å². The molecule has 0 saturated carbocycles. The Labute approximate surface area is 161 Å². The molecule has 0 bridgehead atoms. The highest BCUT2D eigenvalue weighted by molar-refractivity contribution is 7.89. The molecule has 1 fully saturated rings. The van der Waals surface area contributed by atoms with E-state index in [1.54, 1.807) is 19.1 Å². The van der Waals surface area contributed by atoms with E-state index in [2.05, 4.69) is 5.32 Å². The molecule has 1 saturated heterocycles. The summed E-state index contributed by atoms with van der Waals surface area (Å²) >= 11 is 6.08. The molecule has 0 radical (unpaired) electrons. The van der Waals surface area contributed by atoms with E-state index in [4.69, 9.17) is 16.3 Å². The molecule has 2 aromatic carbocycles. The van der Waals surface area contributed by atoms with Gasteiger partial charge in [-0.15, -0.1) is 0 Å². The van der Waals surface area contributed by atoms with Gasteiger partial charge in [-0.1, -0.05) is 17.7 Å². The Morgan fingerprint density at radius 2 is 1.89 bits per heavy atom. The third kappa shape index (κ3) is 4.30. The van der Waals surface area contributed by atoms with Gasteiger partial charge in [-0.05, 0) is 42.8 Å². The largest absolute Gasteiger partial charge is 0.379 e. The second-order valence-electron chi connectivity index (χ2n) is 6.08. The molecule has 2 aromatic rings. The fourth-order valence-corrected chi connectivity index (χ4v) is 4.55. The molecule has 3 rings (SSSR count). The molecule has 6 nitrogen and oxygen atoms in total. The molecule has 144 valence electrons. The molecule has 0 atom stereocenters. The number of rotatable bonds is 4. The SMILES string of the molecule is Cc1ccc(NC(=O)c2ccc(Cl)c(S(=O)(=O)N3CCOCC3)c2)cc1F. The standard InChI is InChI=1S/C18H18ClFN2O4S/c1-12-2-4-14(11-16(12)20)21-18(23)13-3-5-15(19)17(10-13)27(24,25)22-6-8-26-9-7-22/h2-5,10-11H,6-9H2,1H3,(H,21,23). The van der Waals surface area contributed by atoms with E-state index in [1.807, 2.05) is 0 Å². The number of hydrogen-bond acceptors (Lipinski definition) is 4. The second kappa shape index (κ2) is 7.93. The van der Waals surface area contributed by atoms with Crippen molar-refractivity contribution in [3.8, 4) is 0 Å². The Bertz CT molecular complexity index is 975. The predicted octanol–water partition coefficient (Wildman–Crippen LogP) is 3.06. The minimum absolute atomic E-state index is 0.0272. The number of benzene rings is 2. The minimum atomic E-state index is -3.85. The Hall–Kier alpha value is -2.00. The molecule has 0 aliphatic carbocycles. The van der Waals surface area contributed by atoms with Crippen LogP contribution in [0.3, 0.4) is 0 Å². The molecule has 9 heteroatoms. The number of morpholine rings is 1. The maximum absolute atomic E-state index is 13.6. The number of carbonyl (C=O) groups is 1. The second-order valence-corrected chi connectivity index (χ2v) is 8.39. The van der Waals surface area contributed by atoms with Gasteiger partial charge in [0.25, 0.3) is 5.91 Å². The van der Waals surface area contributed by atoms with E-state index in [0.717, 1.165) is 0 Å². The lowest BCUT2D eigenvalue weighted by Gasteiger charge is -2.26. The van der Waals surface area contributed by atoms with Crippen LogP contribution in [0.2, 0.25) is 5.02 Å². The first-order valence-electron chi connectivity index (χ1n) is 8.24. The molecule has 1 aliphatic rings. The number of amides is 1. The van der Waals surface area contributed by atoms with Crippen molar-refractivity contribution in [3.63, 3.8) is 0 Å². The molecule has 27 heavy (non-hydrogen) atoms. The molecule has 1 amide bonds. The quantitative estimate of drug-likeness (QED) is 0.837. The number of nitrogens with zero attached hydrogens (tertiary/aromatic N) is 1. The summed E-state index contributed by atoms with van der Waals surface area (Å²) in [5.41, 5.74) is 0.834. The summed E-state index contributed by atoms with van der Waals surface area (Å²) in [5, 5.41) is 2.58. The zero-order valence-electron chi connectivity index (χ0n) is 14.5. The Kier molecular flexibility index (Phi) is 5.81. The van der Waals surface area contributed by atoms with Gasteiger partial charge in [0.05, 0.1) is 18.2 Å². The van der Waals surface area contributed by atoms with Crippen LogP contribution in [0.4, 0.5) is 10.1 Å². The van der Waals surface area contributed by atoms with Gasteiger partial charge in [0.15, 0.2) is 0 Å². The van der Waals surface area contributed by atoms with Gasteiger partial charge >= 0.3 is 0 Å². The maximum Gasteiger partial charge on any atom is 0.255 e. The first-order valence-corrected chi connectivity index (χ1v) is 10.1. The van der Waals surface area contributed by atoms with Crippen molar-refractivity contribution < 1.29 is 22.3 Å². The molecular weight excluding hydrogens is 395 g/mol. The van der Waals surface area contributed by atoms with Crippen LogP contribution in [0.15, 0.2) is 41.3 Å². The van der Waals surface area contributed by atoms with Crippen LogP contribution in [-0.4, -0.2) is 44.9 Å². The number of sulfonamides is 1. The predicted molar refractivity (Wildman–Crippen MR) is 100 cm³/mol. The number of halogens is 2. The maximum atomic E-state index is 13.6. The summed E-state index contributed by atoms with van der Waals surface area (Å²) in [6.07, 6.45) is 0. The van der Waals surface area contributed by atoms with Crippen LogP contribution in [0.5, 0.6) is 0 Å². The smallest absolute Gasteiger partial charge is 0.255 e. The lowest BCUT2D eigenvalue weighted by Crippen LogP contribution is -2.40. The Morgan fingerprint density at radius 3 is 2.56 bits per heavy atom. The van der Waals surface area contributed by atoms with Crippen molar-refractivity contribution in [3.05, 3.63) is 58.4 Å². The van der Waals surface area contributed by atoms with Gasteiger partial charge in [-0.2, -0.15) is 4.31 Å². The van der Waals surface area contributed by atoms with Gasteiger partial charge in [0.1, 0.15) is 10.7 Å². The number of ether oxygens (including phenoxy) is 1. The van der Waals surface area contributed by atoms with E-state index in [0.29, 0.717) is 18.8 Å². The normalized spacial score (nSPS) is 15.5. The highest BCUT2D eigenvalue weighted by Gasteiger charge is 2.29. The third-order valence-corrected chi connectivity index (χ3v) is 6.59. The lowest BCUT2D eigenvalue weighted by molar-refractivity contribution is 0.0730. The average molecular weight is 413 g/mol. The first-order chi connectivity index (χ1) is 12.8. The van der Waals surface area contributed by atoms with E-state index in [9.17, 15) is 17.6 Å². The van der Waals surface area contributed by atoms with E-state index in [1.165, 1.54) is 28.6 Å². The zero-order valence-corrected chi connectivity index (χ0v) is 16.1. The van der Waals surface area contributed by atoms with Crippen molar-refractivity contribution >= 4 is 33.2 Å². The summed E-state index contributed by atoms with van der Waals surface area (Å²) in [6.45, 7) is 2.66. The Morgan fingerprint density at radius 1 is 1.19 bits per heavy atom. The van der Waals surface area contributed by atoms with E-state index >= 15 is 0 Å². The number of aryl methyl sites for hydroxylation is 1. The highest BCUT2D eigenvalue weighted by Crippen LogP contribution is 2.27. The van der Waals surface area contributed by atoms with Crippen molar-refractivity contribution in [2.75, 3.05) is 31.6 Å². The third-order valence-electron chi connectivity index (χ3n) is 4.21. The van der Waals surface area contributed by atoms with Gasteiger partial charge in [-0.3, -0.25) is 4.79 Å². The van der Waals surface area contributed by atoms with Crippen molar-refractivity contribution in [2.45, 2.75) is 11.8 Å². The van der Waals surface area contributed by atoms with Gasteiger partial charge in [0.2, 0.25) is 10.0 Å². The van der Waals surface area contributed by atoms with Crippen LogP contribution in [0.25, 0.3) is 0 Å². The molecule has 0 spiro atoms.